The van der Waals surface area contributed by atoms with Crippen LogP contribution in [0, 0.1) is 13.8 Å². The number of rotatable bonds is 4. The molecule has 3 rings (SSSR count). The van der Waals surface area contributed by atoms with Gasteiger partial charge in [-0.25, -0.2) is 8.42 Å². The average Bonchev–Trinajstić information content (AvgIpc) is 2.65. The van der Waals surface area contributed by atoms with E-state index in [4.69, 9.17) is 5.73 Å². The van der Waals surface area contributed by atoms with E-state index in [2.05, 4.69) is 0 Å². The fraction of sp³-hybridized carbons (Fsp3) is 0.350. The van der Waals surface area contributed by atoms with Crippen LogP contribution in [-0.4, -0.2) is 49.7 Å². The summed E-state index contributed by atoms with van der Waals surface area (Å²) < 4.78 is 27.4. The van der Waals surface area contributed by atoms with E-state index in [1.165, 1.54) is 4.31 Å². The van der Waals surface area contributed by atoms with Crippen molar-refractivity contribution in [2.24, 2.45) is 0 Å². The number of aryl methyl sites for hydroxylation is 2. The molecule has 144 valence electrons. The Kier molecular flexibility index (Phi) is 5.53. The minimum atomic E-state index is -3.55. The summed E-state index contributed by atoms with van der Waals surface area (Å²) >= 11 is 0. The number of benzene rings is 2. The first-order valence-corrected chi connectivity index (χ1v) is 10.4. The zero-order valence-corrected chi connectivity index (χ0v) is 16.5. The van der Waals surface area contributed by atoms with Crippen LogP contribution in [0.1, 0.15) is 16.7 Å². The number of carbonyl (C=O) groups excluding carboxylic acids is 1. The second-order valence-corrected chi connectivity index (χ2v) is 8.88. The Morgan fingerprint density at radius 3 is 2.26 bits per heavy atom. The fourth-order valence-electron chi connectivity index (χ4n) is 3.22. The highest BCUT2D eigenvalue weighted by molar-refractivity contribution is 7.89. The van der Waals surface area contributed by atoms with Gasteiger partial charge in [-0.2, -0.15) is 4.31 Å². The molecule has 0 saturated carbocycles. The molecule has 0 spiro atoms. The van der Waals surface area contributed by atoms with Gasteiger partial charge < -0.3 is 10.6 Å². The van der Waals surface area contributed by atoms with Crippen LogP contribution in [0.25, 0.3) is 0 Å². The van der Waals surface area contributed by atoms with Crippen molar-refractivity contribution in [3.63, 3.8) is 0 Å². The summed E-state index contributed by atoms with van der Waals surface area (Å²) in [4.78, 5) is 14.6. The molecule has 1 fully saturated rings. The first kappa shape index (κ1) is 19.4. The predicted molar refractivity (Wildman–Crippen MR) is 106 cm³/mol. The quantitative estimate of drug-likeness (QED) is 0.813. The van der Waals surface area contributed by atoms with Gasteiger partial charge in [0.15, 0.2) is 0 Å². The molecule has 7 heteroatoms. The molecular weight excluding hydrogens is 362 g/mol. The summed E-state index contributed by atoms with van der Waals surface area (Å²) in [5.74, 6) is 0.00329. The van der Waals surface area contributed by atoms with E-state index >= 15 is 0 Å². The predicted octanol–water partition coefficient (Wildman–Crippen LogP) is 1.96. The lowest BCUT2D eigenvalue weighted by atomic mass is 10.1. The third-order valence-electron chi connectivity index (χ3n) is 4.89. The fourth-order valence-corrected chi connectivity index (χ4v) is 4.96. The smallest absolute Gasteiger partial charge is 0.243 e. The van der Waals surface area contributed by atoms with Crippen molar-refractivity contribution in [1.82, 2.24) is 9.21 Å². The van der Waals surface area contributed by atoms with Gasteiger partial charge >= 0.3 is 0 Å². The highest BCUT2D eigenvalue weighted by Gasteiger charge is 2.31. The van der Waals surface area contributed by atoms with E-state index < -0.39 is 10.0 Å². The highest BCUT2D eigenvalue weighted by Crippen LogP contribution is 2.22. The maximum Gasteiger partial charge on any atom is 0.243 e. The van der Waals surface area contributed by atoms with Crippen LogP contribution < -0.4 is 5.73 Å². The largest absolute Gasteiger partial charge is 0.399 e. The van der Waals surface area contributed by atoms with Gasteiger partial charge in [0.2, 0.25) is 15.9 Å². The molecule has 2 aromatic carbocycles. The second kappa shape index (κ2) is 7.70. The summed E-state index contributed by atoms with van der Waals surface area (Å²) in [6.45, 7) is 5.10. The number of nitrogen functional groups attached to an aromatic ring is 1. The summed E-state index contributed by atoms with van der Waals surface area (Å²) in [6, 6.07) is 12.7. The molecule has 1 saturated heterocycles. The molecule has 6 nitrogen and oxygen atoms in total. The van der Waals surface area contributed by atoms with Gasteiger partial charge in [0, 0.05) is 31.9 Å². The Morgan fingerprint density at radius 1 is 1.00 bits per heavy atom. The van der Waals surface area contributed by atoms with Gasteiger partial charge in [-0.3, -0.25) is 4.79 Å². The highest BCUT2D eigenvalue weighted by atomic mass is 32.2. The van der Waals surface area contributed by atoms with E-state index in [1.807, 2.05) is 31.2 Å². The zero-order chi connectivity index (χ0) is 19.6. The first-order valence-electron chi connectivity index (χ1n) is 8.97. The van der Waals surface area contributed by atoms with E-state index in [-0.39, 0.29) is 5.91 Å². The Labute approximate surface area is 160 Å². The molecule has 0 unspecified atom stereocenters. The lowest BCUT2D eigenvalue weighted by molar-refractivity contribution is -0.131. The van der Waals surface area contributed by atoms with Crippen molar-refractivity contribution in [2.45, 2.75) is 25.2 Å². The molecule has 1 amide bonds. The molecule has 2 aromatic rings. The number of carbonyl (C=O) groups is 1. The van der Waals surface area contributed by atoms with Gasteiger partial charge in [-0.15, -0.1) is 0 Å². The van der Waals surface area contributed by atoms with Crippen molar-refractivity contribution < 1.29 is 13.2 Å². The third-order valence-corrected chi connectivity index (χ3v) is 6.93. The molecule has 0 radical (unpaired) electrons. The number of piperazine rings is 1. The Morgan fingerprint density at radius 2 is 1.63 bits per heavy atom. The van der Waals surface area contributed by atoms with Crippen LogP contribution in [0.4, 0.5) is 5.69 Å². The minimum Gasteiger partial charge on any atom is -0.399 e. The number of amides is 1. The van der Waals surface area contributed by atoms with Gasteiger partial charge in [0.1, 0.15) is 0 Å². The number of nitrogens with zero attached hydrogens (tertiary/aromatic N) is 2. The molecule has 2 N–H and O–H groups in total. The SMILES string of the molecule is Cc1ccc(C)c(S(=O)(=O)N2CCN(C(=O)Cc3ccc(N)cc3)CC2)c1. The Hall–Kier alpha value is -2.38. The number of nitrogens with two attached hydrogens (primary N) is 1. The summed E-state index contributed by atoms with van der Waals surface area (Å²) in [5, 5.41) is 0. The molecule has 0 aromatic heterocycles. The number of hydrogen-bond donors (Lipinski definition) is 1. The molecule has 1 heterocycles. The molecular formula is C20H25N3O3S. The Bertz CT molecular complexity index is 931. The maximum absolute atomic E-state index is 13.0. The lowest BCUT2D eigenvalue weighted by Crippen LogP contribution is -2.50. The van der Waals surface area contributed by atoms with E-state index in [0.29, 0.717) is 43.2 Å². The summed E-state index contributed by atoms with van der Waals surface area (Å²) in [5.41, 5.74) is 8.88. The van der Waals surface area contributed by atoms with Crippen molar-refractivity contribution in [2.75, 3.05) is 31.9 Å². The third kappa shape index (κ3) is 4.31. The summed E-state index contributed by atoms with van der Waals surface area (Å²) in [7, 11) is -3.55. The molecule has 0 atom stereocenters. The number of sulfonamides is 1. The van der Waals surface area contributed by atoms with Crippen molar-refractivity contribution >= 4 is 21.6 Å². The van der Waals surface area contributed by atoms with Gasteiger partial charge in [-0.1, -0.05) is 24.3 Å². The van der Waals surface area contributed by atoms with Crippen molar-refractivity contribution in [3.05, 3.63) is 59.2 Å². The van der Waals surface area contributed by atoms with Crippen LogP contribution in [0.3, 0.4) is 0 Å². The molecule has 27 heavy (non-hydrogen) atoms. The van der Waals surface area contributed by atoms with Crippen LogP contribution in [0.2, 0.25) is 0 Å². The van der Waals surface area contributed by atoms with E-state index in [0.717, 1.165) is 16.7 Å². The normalized spacial score (nSPS) is 15.7. The van der Waals surface area contributed by atoms with Crippen LogP contribution in [-0.2, 0) is 21.2 Å². The summed E-state index contributed by atoms with van der Waals surface area (Å²) in [6.07, 6.45) is 0.296. The van der Waals surface area contributed by atoms with Crippen LogP contribution in [0.15, 0.2) is 47.4 Å². The number of anilines is 1. The lowest BCUT2D eigenvalue weighted by Gasteiger charge is -2.34. The first-order chi connectivity index (χ1) is 12.8. The molecule has 1 aliphatic heterocycles. The van der Waals surface area contributed by atoms with Crippen molar-refractivity contribution in [3.8, 4) is 0 Å². The Balaban J connectivity index is 1.65. The second-order valence-electron chi connectivity index (χ2n) is 6.97. The molecule has 0 bridgehead atoms. The van der Waals surface area contributed by atoms with Gasteiger partial charge in [0.25, 0.3) is 0 Å². The molecule has 1 aliphatic rings. The van der Waals surface area contributed by atoms with Crippen LogP contribution >= 0.6 is 0 Å². The number of hydrogen-bond acceptors (Lipinski definition) is 4. The van der Waals surface area contributed by atoms with E-state index in [1.54, 1.807) is 30.0 Å². The topological polar surface area (TPSA) is 83.7 Å². The molecule has 0 aliphatic carbocycles. The monoisotopic (exact) mass is 387 g/mol. The van der Waals surface area contributed by atoms with Crippen LogP contribution in [0.5, 0.6) is 0 Å². The van der Waals surface area contributed by atoms with Crippen molar-refractivity contribution in [1.29, 1.82) is 0 Å². The van der Waals surface area contributed by atoms with E-state index in [9.17, 15) is 13.2 Å². The zero-order valence-electron chi connectivity index (χ0n) is 15.7. The van der Waals surface area contributed by atoms with Gasteiger partial charge in [0.05, 0.1) is 11.3 Å². The standard InChI is InChI=1S/C20H25N3O3S/c1-15-3-4-16(2)19(13-15)27(25,26)23-11-9-22(10-12-23)20(24)14-17-5-7-18(21)8-6-17/h3-8,13H,9-12,14,21H2,1-2H3. The minimum absolute atomic E-state index is 0.00329. The maximum atomic E-state index is 13.0. The average molecular weight is 388 g/mol. The van der Waals surface area contributed by atoms with Gasteiger partial charge in [-0.05, 0) is 48.7 Å².